The van der Waals surface area contributed by atoms with Gasteiger partial charge in [0.25, 0.3) is 0 Å². The van der Waals surface area contributed by atoms with Gasteiger partial charge in [-0.3, -0.25) is 0 Å². The summed E-state index contributed by atoms with van der Waals surface area (Å²) in [5.74, 6) is -0.131. The number of tetrazole rings is 1. The van der Waals surface area contributed by atoms with E-state index >= 15 is 0 Å². The monoisotopic (exact) mass is 414 g/mol. The number of nitrogens with one attached hydrogen (secondary N) is 1. The van der Waals surface area contributed by atoms with Crippen molar-refractivity contribution in [3.63, 3.8) is 0 Å². The second kappa shape index (κ2) is 7.03. The molecule has 0 aliphatic carbocycles. The third-order valence-corrected chi connectivity index (χ3v) is 5.11. The third-order valence-electron chi connectivity index (χ3n) is 2.52. The Hall–Kier alpha value is -1.03. The lowest BCUT2D eigenvalue weighted by molar-refractivity contribution is 0.188. The molecule has 22 heavy (non-hydrogen) atoms. The zero-order valence-electron chi connectivity index (χ0n) is 11.0. The summed E-state index contributed by atoms with van der Waals surface area (Å²) in [6.45, 7) is 1.89. The summed E-state index contributed by atoms with van der Waals surface area (Å²) in [7, 11) is -5.00. The topological polar surface area (TPSA) is 101 Å². The van der Waals surface area contributed by atoms with Crippen LogP contribution in [0.5, 0.6) is 5.75 Å². The number of aromatic nitrogens is 4. The largest absolute Gasteiger partial charge is 0.442 e. The van der Waals surface area contributed by atoms with E-state index in [1.54, 1.807) is 12.1 Å². The van der Waals surface area contributed by atoms with Crippen LogP contribution in [-0.4, -0.2) is 31.7 Å². The molecular weight excluding hydrogens is 405 g/mol. The Bertz CT molecular complexity index is 691. The van der Waals surface area contributed by atoms with E-state index in [0.29, 0.717) is 9.63 Å². The minimum Gasteiger partial charge on any atom is -0.420 e. The molecule has 7 nitrogen and oxygen atoms in total. The molecule has 0 aliphatic heterocycles. The molecule has 1 aromatic carbocycles. The molecule has 0 aliphatic rings. The van der Waals surface area contributed by atoms with Gasteiger partial charge in [0, 0.05) is 5.25 Å². The highest BCUT2D eigenvalue weighted by atomic mass is 79.9. The van der Waals surface area contributed by atoms with Crippen molar-refractivity contribution in [3.05, 3.63) is 28.2 Å². The van der Waals surface area contributed by atoms with Crippen LogP contribution in [0.25, 0.3) is 0 Å². The molecule has 0 bridgehead atoms. The van der Waals surface area contributed by atoms with Gasteiger partial charge >= 0.3 is 13.8 Å². The van der Waals surface area contributed by atoms with Crippen molar-refractivity contribution in [1.82, 2.24) is 20.6 Å². The summed E-state index contributed by atoms with van der Waals surface area (Å²) in [6.07, 6.45) is -3.47. The third kappa shape index (κ3) is 4.25. The first-order valence-electron chi connectivity index (χ1n) is 5.79. The predicted molar refractivity (Wildman–Crippen MR) is 79.0 cm³/mol. The molecule has 1 aromatic heterocycles. The molecule has 2 unspecified atom stereocenters. The van der Waals surface area contributed by atoms with Crippen molar-refractivity contribution < 1.29 is 22.8 Å². The van der Waals surface area contributed by atoms with E-state index in [1.807, 2.05) is 6.92 Å². The molecule has 2 aromatic rings. The summed E-state index contributed by atoms with van der Waals surface area (Å²) in [5.41, 5.74) is 0.824. The van der Waals surface area contributed by atoms with Gasteiger partial charge in [-0.2, -0.15) is 8.78 Å². The van der Waals surface area contributed by atoms with E-state index in [0.717, 1.165) is 5.56 Å². The van der Waals surface area contributed by atoms with Crippen LogP contribution < -0.4 is 4.52 Å². The SMILES string of the molecule is CC(Sc1nnn[nH]1)c1ccc(OP(=O)(O)C(F)F)c(Br)c1. The summed E-state index contributed by atoms with van der Waals surface area (Å²) in [5, 5.41) is 13.8. The quantitative estimate of drug-likeness (QED) is 0.549. The van der Waals surface area contributed by atoms with Gasteiger partial charge in [0.1, 0.15) is 5.75 Å². The highest BCUT2D eigenvalue weighted by Crippen LogP contribution is 2.50. The lowest BCUT2D eigenvalue weighted by Gasteiger charge is -2.15. The molecule has 0 saturated carbocycles. The van der Waals surface area contributed by atoms with E-state index in [1.165, 1.54) is 17.8 Å². The van der Waals surface area contributed by atoms with E-state index in [2.05, 4.69) is 41.1 Å². The van der Waals surface area contributed by atoms with Crippen molar-refractivity contribution in [1.29, 1.82) is 0 Å². The summed E-state index contributed by atoms with van der Waals surface area (Å²) in [4.78, 5) is 9.05. The van der Waals surface area contributed by atoms with Crippen LogP contribution in [-0.2, 0) is 4.57 Å². The summed E-state index contributed by atoms with van der Waals surface area (Å²) < 4.78 is 40.7. The minimum absolute atomic E-state index is 0.0453. The normalized spacial score (nSPS) is 15.5. The number of H-pyrrole nitrogens is 1. The van der Waals surface area contributed by atoms with Crippen molar-refractivity contribution in [2.24, 2.45) is 0 Å². The highest BCUT2D eigenvalue weighted by molar-refractivity contribution is 9.10. The predicted octanol–water partition coefficient (Wildman–Crippen LogP) is 3.60. The Kier molecular flexibility index (Phi) is 5.54. The number of benzene rings is 1. The molecule has 1 heterocycles. The number of nitrogens with zero attached hydrogens (tertiary/aromatic N) is 3. The fraction of sp³-hybridized carbons (Fsp3) is 0.300. The second-order valence-corrected chi connectivity index (χ2v) is 7.97. The molecule has 2 rings (SSSR count). The maximum absolute atomic E-state index is 12.4. The summed E-state index contributed by atoms with van der Waals surface area (Å²) >= 11 is 4.49. The van der Waals surface area contributed by atoms with Gasteiger partial charge in [-0.15, -0.1) is 5.10 Å². The first kappa shape index (κ1) is 17.3. The van der Waals surface area contributed by atoms with Crippen LogP contribution in [0.1, 0.15) is 17.7 Å². The van der Waals surface area contributed by atoms with Crippen LogP contribution in [0.4, 0.5) is 8.78 Å². The van der Waals surface area contributed by atoms with Gasteiger partial charge in [-0.1, -0.05) is 17.8 Å². The van der Waals surface area contributed by atoms with Crippen molar-refractivity contribution in [2.75, 3.05) is 0 Å². The smallest absolute Gasteiger partial charge is 0.420 e. The van der Waals surface area contributed by atoms with E-state index in [-0.39, 0.29) is 11.0 Å². The lowest BCUT2D eigenvalue weighted by atomic mass is 10.2. The number of alkyl halides is 2. The van der Waals surface area contributed by atoms with E-state index < -0.39 is 13.8 Å². The van der Waals surface area contributed by atoms with Crippen LogP contribution >= 0.6 is 35.3 Å². The van der Waals surface area contributed by atoms with Gasteiger partial charge in [0.15, 0.2) is 0 Å². The molecule has 0 fully saturated rings. The molecular formula is C10H10BrF2N4O3PS. The van der Waals surface area contributed by atoms with Gasteiger partial charge in [0.2, 0.25) is 5.16 Å². The standard InChI is InChI=1S/C10H10BrF2N4O3PS/c1-5(22-10-14-16-17-15-10)6-2-3-8(7(11)4-6)20-21(18,19)9(12)13/h2-5,9H,1H3,(H,18,19)(H,14,15,16,17). The minimum atomic E-state index is -5.00. The van der Waals surface area contributed by atoms with Crippen molar-refractivity contribution in [3.8, 4) is 5.75 Å². The van der Waals surface area contributed by atoms with Gasteiger partial charge in [0.05, 0.1) is 4.47 Å². The van der Waals surface area contributed by atoms with Crippen LogP contribution in [0.3, 0.4) is 0 Å². The number of rotatable bonds is 6. The Labute approximate surface area is 136 Å². The van der Waals surface area contributed by atoms with E-state index in [4.69, 9.17) is 4.89 Å². The van der Waals surface area contributed by atoms with Crippen molar-refractivity contribution in [2.45, 2.75) is 23.5 Å². The number of aromatic amines is 1. The second-order valence-electron chi connectivity index (χ2n) is 4.09. The molecule has 0 spiro atoms. The number of halogens is 3. The Balaban J connectivity index is 2.14. The molecule has 120 valence electrons. The van der Waals surface area contributed by atoms with Crippen LogP contribution in [0.2, 0.25) is 0 Å². The van der Waals surface area contributed by atoms with Gasteiger partial charge < -0.3 is 9.42 Å². The molecule has 12 heteroatoms. The fourth-order valence-electron chi connectivity index (χ4n) is 1.46. The number of hydrogen-bond donors (Lipinski definition) is 2. The Morgan fingerprint density at radius 1 is 1.50 bits per heavy atom. The van der Waals surface area contributed by atoms with E-state index in [9.17, 15) is 13.3 Å². The maximum Gasteiger partial charge on any atom is 0.442 e. The Morgan fingerprint density at radius 2 is 2.23 bits per heavy atom. The molecule has 0 saturated heterocycles. The highest BCUT2D eigenvalue weighted by Gasteiger charge is 2.34. The lowest BCUT2D eigenvalue weighted by Crippen LogP contribution is -2.01. The molecule has 0 radical (unpaired) electrons. The van der Waals surface area contributed by atoms with Crippen molar-refractivity contribution >= 4 is 35.3 Å². The Morgan fingerprint density at radius 3 is 2.77 bits per heavy atom. The molecule has 2 atom stereocenters. The number of thioether (sulfide) groups is 1. The van der Waals surface area contributed by atoms with Gasteiger partial charge in [-0.05, 0) is 51.0 Å². The van der Waals surface area contributed by atoms with Crippen LogP contribution in [0, 0.1) is 0 Å². The fourth-order valence-corrected chi connectivity index (χ4v) is 3.38. The average molecular weight is 415 g/mol. The van der Waals surface area contributed by atoms with Crippen LogP contribution in [0.15, 0.2) is 27.8 Å². The molecule has 2 N–H and O–H groups in total. The van der Waals surface area contributed by atoms with Gasteiger partial charge in [-0.25, -0.2) is 9.66 Å². The summed E-state index contributed by atoms with van der Waals surface area (Å²) in [6, 6.07) is 4.57. The first-order chi connectivity index (χ1) is 10.3. The maximum atomic E-state index is 12.4. The zero-order valence-corrected chi connectivity index (χ0v) is 14.3. The number of hydrogen-bond acceptors (Lipinski definition) is 6. The molecule has 0 amide bonds. The first-order valence-corrected chi connectivity index (χ1v) is 9.11. The average Bonchev–Trinajstić information content (AvgIpc) is 2.93. The zero-order chi connectivity index (χ0) is 16.3.